The number of hydrogen-bond acceptors (Lipinski definition) is 8. The number of sulfonamides is 1. The van der Waals surface area contributed by atoms with Gasteiger partial charge in [-0.2, -0.15) is 4.31 Å². The quantitative estimate of drug-likeness (QED) is 0.600. The summed E-state index contributed by atoms with van der Waals surface area (Å²) in [4.78, 5) is 32.2. The molecule has 2 aromatic heterocycles. The lowest BCUT2D eigenvalue weighted by Crippen LogP contribution is -2.36. The van der Waals surface area contributed by atoms with Crippen LogP contribution >= 0.6 is 22.7 Å². The summed E-state index contributed by atoms with van der Waals surface area (Å²) >= 11 is 2.51. The summed E-state index contributed by atoms with van der Waals surface area (Å²) in [6, 6.07) is 0. The predicted molar refractivity (Wildman–Crippen MR) is 123 cm³/mol. The Hall–Kier alpha value is -1.82. The number of thiazole rings is 1. The molecule has 0 saturated carbocycles. The molecule has 0 aliphatic carbocycles. The summed E-state index contributed by atoms with van der Waals surface area (Å²) in [5.41, 5.74) is 1.23. The van der Waals surface area contributed by atoms with Crippen LogP contribution in [0.2, 0.25) is 0 Å². The van der Waals surface area contributed by atoms with E-state index in [4.69, 9.17) is 4.74 Å². The van der Waals surface area contributed by atoms with Crippen molar-refractivity contribution in [3.8, 4) is 0 Å². The van der Waals surface area contributed by atoms with Crippen molar-refractivity contribution in [3.05, 3.63) is 32.1 Å². The highest BCUT2D eigenvalue weighted by atomic mass is 32.2. The van der Waals surface area contributed by atoms with Crippen LogP contribution in [0.4, 0.5) is 0 Å². The first kappa shape index (κ1) is 23.3. The molecule has 8 nitrogen and oxygen atoms in total. The van der Waals surface area contributed by atoms with E-state index in [1.54, 1.807) is 10.3 Å². The number of methoxy groups -OCH3 is 1. The zero-order chi connectivity index (χ0) is 22.9. The second kappa shape index (κ2) is 9.58. The van der Waals surface area contributed by atoms with Crippen LogP contribution in [0.3, 0.4) is 0 Å². The standard InChI is InChI=1S/C21H27N3O5S3/c1-14-22-16(13-30-14)19(25)23-11-8-15-17(12-23)31-21(18(15)20(26)29-2)32(27,28)24-9-6-4-3-5-7-10-24/h13H,3-12H2,1-2H3. The third kappa shape index (κ3) is 4.48. The van der Waals surface area contributed by atoms with Crippen LogP contribution in [-0.4, -0.2) is 61.2 Å². The number of rotatable bonds is 4. The summed E-state index contributed by atoms with van der Waals surface area (Å²) in [6.07, 6.45) is 5.16. The molecule has 0 radical (unpaired) electrons. The van der Waals surface area contributed by atoms with Crippen molar-refractivity contribution in [3.63, 3.8) is 0 Å². The van der Waals surface area contributed by atoms with Crippen LogP contribution in [0, 0.1) is 6.92 Å². The Bertz CT molecular complexity index is 1110. The molecule has 0 aromatic carbocycles. The highest BCUT2D eigenvalue weighted by molar-refractivity contribution is 7.91. The van der Waals surface area contributed by atoms with Gasteiger partial charge in [0.15, 0.2) is 0 Å². The molecule has 1 fully saturated rings. The Labute approximate surface area is 196 Å². The minimum atomic E-state index is -3.83. The Kier molecular flexibility index (Phi) is 6.99. The maximum Gasteiger partial charge on any atom is 0.340 e. The number of hydrogen-bond donors (Lipinski definition) is 0. The smallest absolute Gasteiger partial charge is 0.340 e. The van der Waals surface area contributed by atoms with Gasteiger partial charge in [-0.05, 0) is 31.7 Å². The topological polar surface area (TPSA) is 96.9 Å². The van der Waals surface area contributed by atoms with Gasteiger partial charge in [-0.1, -0.05) is 19.3 Å². The van der Waals surface area contributed by atoms with E-state index < -0.39 is 16.0 Å². The number of thiophene rings is 1. The Morgan fingerprint density at radius 3 is 2.41 bits per heavy atom. The van der Waals surface area contributed by atoms with E-state index in [-0.39, 0.29) is 22.2 Å². The van der Waals surface area contributed by atoms with Gasteiger partial charge < -0.3 is 9.64 Å². The third-order valence-corrected chi connectivity index (χ3v) is 10.3. The second-order valence-corrected chi connectivity index (χ2v) is 12.4. The molecule has 0 atom stereocenters. The molecule has 0 unspecified atom stereocenters. The summed E-state index contributed by atoms with van der Waals surface area (Å²) in [5, 5.41) is 2.55. The predicted octanol–water partition coefficient (Wildman–Crippen LogP) is 3.45. The molecular weight excluding hydrogens is 470 g/mol. The van der Waals surface area contributed by atoms with Crippen molar-refractivity contribution in [2.75, 3.05) is 26.7 Å². The zero-order valence-corrected chi connectivity index (χ0v) is 20.7. The van der Waals surface area contributed by atoms with Gasteiger partial charge in [-0.25, -0.2) is 18.2 Å². The summed E-state index contributed by atoms with van der Waals surface area (Å²) < 4.78 is 33.7. The minimum absolute atomic E-state index is 0.0497. The molecule has 11 heteroatoms. The van der Waals surface area contributed by atoms with Gasteiger partial charge in [0.2, 0.25) is 0 Å². The van der Waals surface area contributed by atoms with Crippen molar-refractivity contribution in [1.82, 2.24) is 14.2 Å². The number of esters is 1. The molecule has 0 spiro atoms. The van der Waals surface area contributed by atoms with E-state index in [2.05, 4.69) is 4.98 Å². The Morgan fingerprint density at radius 2 is 1.78 bits per heavy atom. The molecule has 32 heavy (non-hydrogen) atoms. The van der Waals surface area contributed by atoms with Crippen LogP contribution < -0.4 is 0 Å². The van der Waals surface area contributed by atoms with E-state index in [0.29, 0.717) is 37.3 Å². The largest absolute Gasteiger partial charge is 0.465 e. The Balaban J connectivity index is 1.68. The SMILES string of the molecule is COC(=O)c1c(S(=O)(=O)N2CCCCCCC2)sc2c1CCN(C(=O)c1csc(C)n1)C2. The molecule has 0 bridgehead atoms. The molecule has 2 aromatic rings. The Morgan fingerprint density at radius 1 is 1.09 bits per heavy atom. The molecule has 1 amide bonds. The summed E-state index contributed by atoms with van der Waals surface area (Å²) in [6.45, 7) is 3.42. The fourth-order valence-corrected chi connectivity index (χ4v) is 8.39. The van der Waals surface area contributed by atoms with Crippen LogP contribution in [-0.2, 0) is 27.7 Å². The third-order valence-electron chi connectivity index (χ3n) is 5.93. The first-order valence-electron chi connectivity index (χ1n) is 10.8. The van der Waals surface area contributed by atoms with E-state index in [1.165, 1.54) is 22.8 Å². The fourth-order valence-electron chi connectivity index (χ4n) is 4.24. The van der Waals surface area contributed by atoms with Crippen LogP contribution in [0.25, 0.3) is 0 Å². The maximum absolute atomic E-state index is 13.6. The lowest BCUT2D eigenvalue weighted by atomic mass is 10.0. The van der Waals surface area contributed by atoms with Crippen molar-refractivity contribution < 1.29 is 22.7 Å². The van der Waals surface area contributed by atoms with Crippen molar-refractivity contribution >= 4 is 44.6 Å². The van der Waals surface area contributed by atoms with Gasteiger partial charge in [-0.15, -0.1) is 22.7 Å². The van der Waals surface area contributed by atoms with Crippen molar-refractivity contribution in [2.45, 2.75) is 56.2 Å². The highest BCUT2D eigenvalue weighted by Gasteiger charge is 2.37. The van der Waals surface area contributed by atoms with Crippen molar-refractivity contribution in [1.29, 1.82) is 0 Å². The molecule has 0 N–H and O–H groups in total. The number of carbonyl (C=O) groups is 2. The first-order chi connectivity index (χ1) is 15.3. The molecule has 174 valence electrons. The number of aromatic nitrogens is 1. The molecule has 1 saturated heterocycles. The van der Waals surface area contributed by atoms with E-state index >= 15 is 0 Å². The number of carbonyl (C=O) groups excluding carboxylic acids is 2. The van der Waals surface area contributed by atoms with Gasteiger partial charge in [0, 0.05) is 29.9 Å². The molecule has 2 aliphatic heterocycles. The number of ether oxygens (including phenoxy) is 1. The van der Waals surface area contributed by atoms with E-state index in [0.717, 1.165) is 53.3 Å². The lowest BCUT2D eigenvalue weighted by Gasteiger charge is -2.26. The average molecular weight is 498 g/mol. The first-order valence-corrected chi connectivity index (χ1v) is 13.9. The number of fused-ring (bicyclic) bond motifs is 1. The average Bonchev–Trinajstić information content (AvgIpc) is 3.35. The van der Waals surface area contributed by atoms with Gasteiger partial charge in [0.1, 0.15) is 9.90 Å². The minimum Gasteiger partial charge on any atom is -0.465 e. The van der Waals surface area contributed by atoms with Crippen molar-refractivity contribution in [2.24, 2.45) is 0 Å². The van der Waals surface area contributed by atoms with Crippen LogP contribution in [0.15, 0.2) is 9.59 Å². The number of aryl methyl sites for hydroxylation is 1. The van der Waals surface area contributed by atoms with Crippen LogP contribution in [0.5, 0.6) is 0 Å². The van der Waals surface area contributed by atoms with Gasteiger partial charge in [0.25, 0.3) is 15.9 Å². The van der Waals surface area contributed by atoms with Gasteiger partial charge >= 0.3 is 5.97 Å². The fraction of sp³-hybridized carbons (Fsp3) is 0.571. The summed E-state index contributed by atoms with van der Waals surface area (Å²) in [7, 11) is -2.57. The molecule has 4 heterocycles. The molecule has 2 aliphatic rings. The maximum atomic E-state index is 13.6. The zero-order valence-electron chi connectivity index (χ0n) is 18.3. The molecule has 4 rings (SSSR count). The number of nitrogens with zero attached hydrogens (tertiary/aromatic N) is 3. The normalized spacial score (nSPS) is 18.0. The van der Waals surface area contributed by atoms with Gasteiger partial charge in [-0.3, -0.25) is 4.79 Å². The highest BCUT2D eigenvalue weighted by Crippen LogP contribution is 2.38. The van der Waals surface area contributed by atoms with Gasteiger partial charge in [0.05, 0.1) is 24.2 Å². The second-order valence-electron chi connectivity index (χ2n) is 8.06. The van der Waals surface area contributed by atoms with E-state index in [9.17, 15) is 18.0 Å². The van der Waals surface area contributed by atoms with E-state index in [1.807, 2.05) is 6.92 Å². The summed E-state index contributed by atoms with van der Waals surface area (Å²) in [5.74, 6) is -0.816. The lowest BCUT2D eigenvalue weighted by molar-refractivity contribution is 0.0595. The number of amides is 1. The van der Waals surface area contributed by atoms with Crippen LogP contribution in [0.1, 0.15) is 68.4 Å². The molecular formula is C21H27N3O5S3. The monoisotopic (exact) mass is 497 g/mol.